The number of carbonyl (C=O) groups is 1. The summed E-state index contributed by atoms with van der Waals surface area (Å²) in [5.41, 5.74) is 8.02. The van der Waals surface area contributed by atoms with Crippen LogP contribution in [0, 0.1) is 0 Å². The van der Waals surface area contributed by atoms with Gasteiger partial charge >= 0.3 is 0 Å². The molecule has 92 valence electrons. The van der Waals surface area contributed by atoms with Crippen LogP contribution in [-0.2, 0) is 4.79 Å². The minimum absolute atomic E-state index is 0.133. The number of allylic oxidation sites excluding steroid dienone is 3. The van der Waals surface area contributed by atoms with Crippen LogP contribution < -0.4 is 11.1 Å². The molecule has 0 heterocycles. The zero-order valence-electron chi connectivity index (χ0n) is 9.84. The fourth-order valence-electron chi connectivity index (χ4n) is 1.53. The summed E-state index contributed by atoms with van der Waals surface area (Å²) in [4.78, 5) is 16.7. The van der Waals surface area contributed by atoms with Crippen molar-refractivity contribution in [2.24, 2.45) is 4.99 Å². The van der Waals surface area contributed by atoms with Crippen molar-refractivity contribution in [3.8, 4) is 0 Å². The molecular weight excluding hydrogens is 246 g/mol. The quantitative estimate of drug-likeness (QED) is 0.431. The number of benzene rings is 1. The van der Waals surface area contributed by atoms with Gasteiger partial charge in [0, 0.05) is 29.4 Å². The number of hydrogen-bond donors (Lipinski definition) is 3. The van der Waals surface area contributed by atoms with Crippen molar-refractivity contribution >= 4 is 35.5 Å². The second kappa shape index (κ2) is 5.10. The topological polar surface area (TPSA) is 67.5 Å². The Morgan fingerprint density at radius 3 is 2.72 bits per heavy atom. The Labute approximate surface area is 111 Å². The smallest absolute Gasteiger partial charge is 0.206 e. The number of thiol groups is 1. The number of nitrogens with zero attached hydrogens (tertiary/aromatic N) is 1. The summed E-state index contributed by atoms with van der Waals surface area (Å²) in [6.45, 7) is 0. The molecule has 0 spiro atoms. The van der Waals surface area contributed by atoms with E-state index in [1.807, 2.05) is 0 Å². The highest BCUT2D eigenvalue weighted by molar-refractivity contribution is 7.80. The molecular formula is C13H13N3OS. The second-order valence-corrected chi connectivity index (χ2v) is 4.27. The molecule has 1 aliphatic rings. The van der Waals surface area contributed by atoms with Crippen molar-refractivity contribution in [3.05, 3.63) is 42.1 Å². The zero-order valence-corrected chi connectivity index (χ0v) is 10.7. The highest BCUT2D eigenvalue weighted by Gasteiger charge is 2.12. The maximum Gasteiger partial charge on any atom is 0.206 e. The molecule has 0 bridgehead atoms. The Balaban J connectivity index is 2.33. The van der Waals surface area contributed by atoms with Crippen LogP contribution in [0.1, 0.15) is 0 Å². The highest BCUT2D eigenvalue weighted by Crippen LogP contribution is 2.25. The number of carbonyl (C=O) groups excluding carboxylic acids is 1. The van der Waals surface area contributed by atoms with Crippen LogP contribution in [0.5, 0.6) is 0 Å². The van der Waals surface area contributed by atoms with Gasteiger partial charge in [0.15, 0.2) is 0 Å². The molecule has 0 aliphatic heterocycles. The third kappa shape index (κ3) is 2.62. The van der Waals surface area contributed by atoms with Gasteiger partial charge in [0.25, 0.3) is 0 Å². The third-order valence-corrected chi connectivity index (χ3v) is 2.85. The van der Waals surface area contributed by atoms with Gasteiger partial charge < -0.3 is 11.1 Å². The van der Waals surface area contributed by atoms with Gasteiger partial charge in [0.1, 0.15) is 5.71 Å². The average molecular weight is 259 g/mol. The number of nitrogen functional groups attached to an aromatic ring is 1. The number of nitrogens with two attached hydrogens (primary N) is 1. The first-order valence-corrected chi connectivity index (χ1v) is 5.84. The number of hydrogen-bond acceptors (Lipinski definition) is 5. The SMILES string of the molecule is CNC1=CC(=O)/C(=N\c2ccc(N)cc2S)C=C1. The Kier molecular flexibility index (Phi) is 3.53. The predicted octanol–water partition coefficient (Wildman–Crippen LogP) is 1.87. The van der Waals surface area contributed by atoms with E-state index in [4.69, 9.17) is 5.73 Å². The maximum absolute atomic E-state index is 11.8. The van der Waals surface area contributed by atoms with Crippen LogP contribution in [0.25, 0.3) is 0 Å². The molecule has 4 nitrogen and oxygen atoms in total. The van der Waals surface area contributed by atoms with Gasteiger partial charge in [-0.1, -0.05) is 0 Å². The number of likely N-dealkylation sites (N-methyl/N-ethyl adjacent to an activating group) is 1. The van der Waals surface area contributed by atoms with Gasteiger partial charge in [-0.3, -0.25) is 4.79 Å². The van der Waals surface area contributed by atoms with Crippen molar-refractivity contribution in [2.45, 2.75) is 4.90 Å². The molecule has 1 aliphatic carbocycles. The van der Waals surface area contributed by atoms with E-state index in [0.717, 1.165) is 5.70 Å². The van der Waals surface area contributed by atoms with Crippen LogP contribution in [0.3, 0.4) is 0 Å². The molecule has 1 aromatic rings. The van der Waals surface area contributed by atoms with Crippen molar-refractivity contribution in [2.75, 3.05) is 12.8 Å². The minimum atomic E-state index is -0.133. The number of rotatable bonds is 2. The van der Waals surface area contributed by atoms with E-state index in [0.29, 0.717) is 22.0 Å². The molecule has 0 atom stereocenters. The number of nitrogens with one attached hydrogen (secondary N) is 1. The van der Waals surface area contributed by atoms with Crippen molar-refractivity contribution in [3.63, 3.8) is 0 Å². The summed E-state index contributed by atoms with van der Waals surface area (Å²) < 4.78 is 0. The van der Waals surface area contributed by atoms with Gasteiger partial charge in [-0.15, -0.1) is 12.6 Å². The third-order valence-electron chi connectivity index (χ3n) is 2.49. The first-order chi connectivity index (χ1) is 8.60. The molecule has 0 amide bonds. The second-order valence-electron chi connectivity index (χ2n) is 3.79. The Morgan fingerprint density at radius 2 is 2.11 bits per heavy atom. The van der Waals surface area contributed by atoms with Crippen molar-refractivity contribution in [1.29, 1.82) is 0 Å². The number of anilines is 1. The van der Waals surface area contributed by atoms with Crippen LogP contribution in [-0.4, -0.2) is 18.5 Å². The summed E-state index contributed by atoms with van der Waals surface area (Å²) in [5, 5.41) is 2.90. The van der Waals surface area contributed by atoms with Crippen molar-refractivity contribution < 1.29 is 4.79 Å². The largest absolute Gasteiger partial charge is 0.399 e. The zero-order chi connectivity index (χ0) is 13.1. The average Bonchev–Trinajstić information content (AvgIpc) is 2.34. The molecule has 0 aromatic heterocycles. The van der Waals surface area contributed by atoms with Gasteiger partial charge in [-0.2, -0.15) is 0 Å². The normalized spacial score (nSPS) is 16.9. The van der Waals surface area contributed by atoms with Crippen LogP contribution in [0.4, 0.5) is 11.4 Å². The first kappa shape index (κ1) is 12.4. The lowest BCUT2D eigenvalue weighted by Gasteiger charge is -2.08. The maximum atomic E-state index is 11.8. The lowest BCUT2D eigenvalue weighted by molar-refractivity contribution is -0.108. The first-order valence-electron chi connectivity index (χ1n) is 5.39. The Hall–Kier alpha value is -2.01. The summed E-state index contributed by atoms with van der Waals surface area (Å²) >= 11 is 4.28. The van der Waals surface area contributed by atoms with E-state index in [1.165, 1.54) is 6.08 Å². The molecule has 18 heavy (non-hydrogen) atoms. The fraction of sp³-hybridized carbons (Fsp3) is 0.0769. The standard InChI is InChI=1S/C13H13N3OS/c1-15-9-3-5-10(12(17)7-9)16-11-4-2-8(14)6-13(11)18/h2-7,15,18H,14H2,1H3/b16-10-. The lowest BCUT2D eigenvalue weighted by atomic mass is 10.1. The Bertz CT molecular complexity index is 588. The number of aliphatic imine (C=N–C) groups is 1. The van der Waals surface area contributed by atoms with Gasteiger partial charge in [0.05, 0.1) is 5.69 Å². The molecule has 0 saturated heterocycles. The number of ketones is 1. The van der Waals surface area contributed by atoms with Crippen molar-refractivity contribution in [1.82, 2.24) is 5.32 Å². The van der Waals surface area contributed by atoms with Gasteiger partial charge in [0.2, 0.25) is 5.78 Å². The van der Waals surface area contributed by atoms with Crippen LogP contribution in [0.2, 0.25) is 0 Å². The highest BCUT2D eigenvalue weighted by atomic mass is 32.1. The summed E-state index contributed by atoms with van der Waals surface area (Å²) in [6, 6.07) is 5.17. The van der Waals surface area contributed by atoms with E-state index in [1.54, 1.807) is 37.4 Å². The Morgan fingerprint density at radius 1 is 1.33 bits per heavy atom. The van der Waals surface area contributed by atoms with E-state index in [9.17, 15) is 4.79 Å². The molecule has 0 radical (unpaired) electrons. The van der Waals surface area contributed by atoms with E-state index in [-0.39, 0.29) is 5.78 Å². The minimum Gasteiger partial charge on any atom is -0.399 e. The summed E-state index contributed by atoms with van der Waals surface area (Å²) in [5.74, 6) is -0.133. The molecule has 0 saturated carbocycles. The van der Waals surface area contributed by atoms with E-state index < -0.39 is 0 Å². The summed E-state index contributed by atoms with van der Waals surface area (Å²) in [6.07, 6.45) is 4.99. The van der Waals surface area contributed by atoms with Crippen LogP contribution >= 0.6 is 12.6 Å². The molecule has 5 heteroatoms. The fourth-order valence-corrected chi connectivity index (χ4v) is 1.80. The molecule has 0 unspecified atom stereocenters. The van der Waals surface area contributed by atoms with Gasteiger partial charge in [-0.05, 0) is 30.4 Å². The molecule has 3 N–H and O–H groups in total. The lowest BCUT2D eigenvalue weighted by Crippen LogP contribution is -2.17. The van der Waals surface area contributed by atoms with Gasteiger partial charge in [-0.25, -0.2) is 4.99 Å². The summed E-state index contributed by atoms with van der Waals surface area (Å²) in [7, 11) is 1.76. The van der Waals surface area contributed by atoms with Crippen LogP contribution in [0.15, 0.2) is 52.0 Å². The van der Waals surface area contributed by atoms with E-state index in [2.05, 4.69) is 22.9 Å². The monoisotopic (exact) mass is 259 g/mol. The predicted molar refractivity (Wildman–Crippen MR) is 76.5 cm³/mol. The molecule has 2 rings (SSSR count). The van der Waals surface area contributed by atoms with E-state index >= 15 is 0 Å². The molecule has 0 fully saturated rings. The molecule has 1 aromatic carbocycles.